The van der Waals surface area contributed by atoms with Gasteiger partial charge in [-0.15, -0.1) is 3.89 Å². The van der Waals surface area contributed by atoms with Gasteiger partial charge in [-0.05, 0) is 13.8 Å². The Hall–Kier alpha value is -0.160. The summed E-state index contributed by atoms with van der Waals surface area (Å²) < 4.78 is 30.4. The van der Waals surface area contributed by atoms with Gasteiger partial charge in [-0.25, -0.2) is 0 Å². The third-order valence-corrected chi connectivity index (χ3v) is 2.49. The van der Waals surface area contributed by atoms with Crippen LogP contribution in [-0.4, -0.2) is 24.9 Å². The van der Waals surface area contributed by atoms with Crippen LogP contribution in [0.3, 0.4) is 0 Å². The number of aliphatic hydroxyl groups is 1. The minimum absolute atomic E-state index is 0.703. The summed E-state index contributed by atoms with van der Waals surface area (Å²) in [5.74, 6) is 0. The second-order valence-electron chi connectivity index (χ2n) is 2.36. The van der Waals surface area contributed by atoms with Crippen LogP contribution in [0.4, 0.5) is 3.89 Å². The summed E-state index contributed by atoms with van der Waals surface area (Å²) in [5.41, 5.74) is 0. The Kier molecular flexibility index (Phi) is 2.19. The molecule has 0 saturated heterocycles. The van der Waals surface area contributed by atoms with Crippen molar-refractivity contribution in [3.63, 3.8) is 0 Å². The molecule has 0 aliphatic carbocycles. The second kappa shape index (κ2) is 2.22. The van der Waals surface area contributed by atoms with Crippen molar-refractivity contribution in [2.75, 3.05) is 6.61 Å². The van der Waals surface area contributed by atoms with E-state index in [2.05, 4.69) is 0 Å². The molecule has 0 heterocycles. The first-order valence-electron chi connectivity index (χ1n) is 2.36. The van der Waals surface area contributed by atoms with Gasteiger partial charge in [0.05, 0.1) is 6.61 Å². The molecule has 0 aliphatic rings. The standard InChI is InChI=1S/C4H9FO3S/c1-4(2,3-6)9(5,7)8/h6H,3H2,1-2H3. The summed E-state index contributed by atoms with van der Waals surface area (Å²) in [6.07, 6.45) is 0. The molecule has 3 nitrogen and oxygen atoms in total. The van der Waals surface area contributed by atoms with Crippen molar-refractivity contribution in [3.8, 4) is 0 Å². The highest BCUT2D eigenvalue weighted by Gasteiger charge is 2.33. The van der Waals surface area contributed by atoms with Gasteiger partial charge < -0.3 is 5.11 Å². The van der Waals surface area contributed by atoms with E-state index in [9.17, 15) is 12.3 Å². The average molecular weight is 156 g/mol. The molecular weight excluding hydrogens is 147 g/mol. The maximum atomic E-state index is 12.0. The Morgan fingerprint density at radius 1 is 1.56 bits per heavy atom. The zero-order valence-corrected chi connectivity index (χ0v) is 6.07. The van der Waals surface area contributed by atoms with Crippen LogP contribution in [0.1, 0.15) is 13.8 Å². The molecule has 1 N–H and O–H groups in total. The SMILES string of the molecule is CC(C)(CO)S(=O)(=O)F. The van der Waals surface area contributed by atoms with Crippen LogP contribution in [0.5, 0.6) is 0 Å². The molecule has 0 atom stereocenters. The van der Waals surface area contributed by atoms with Crippen molar-refractivity contribution < 1.29 is 17.4 Å². The van der Waals surface area contributed by atoms with Crippen LogP contribution in [0.25, 0.3) is 0 Å². The maximum absolute atomic E-state index is 12.0. The first-order chi connectivity index (χ1) is 3.81. The zero-order chi connectivity index (χ0) is 7.71. The van der Waals surface area contributed by atoms with Crippen LogP contribution in [0.15, 0.2) is 0 Å². The first kappa shape index (κ1) is 8.84. The van der Waals surface area contributed by atoms with Crippen LogP contribution >= 0.6 is 0 Å². The molecule has 0 amide bonds. The molecule has 0 radical (unpaired) electrons. The Balaban J connectivity index is 4.56. The molecular formula is C4H9FO3S. The highest BCUT2D eigenvalue weighted by molar-refractivity contribution is 7.87. The van der Waals surface area contributed by atoms with Gasteiger partial charge in [0.15, 0.2) is 0 Å². The smallest absolute Gasteiger partial charge is 0.309 e. The number of aliphatic hydroxyl groups excluding tert-OH is 1. The van der Waals surface area contributed by atoms with E-state index in [1.807, 2.05) is 0 Å². The average Bonchev–Trinajstić information content (AvgIpc) is 1.64. The van der Waals surface area contributed by atoms with Gasteiger partial charge in [0.25, 0.3) is 0 Å². The molecule has 0 fully saturated rings. The topological polar surface area (TPSA) is 54.4 Å². The third kappa shape index (κ3) is 1.91. The van der Waals surface area contributed by atoms with E-state index in [1.54, 1.807) is 0 Å². The lowest BCUT2D eigenvalue weighted by Crippen LogP contribution is -2.32. The van der Waals surface area contributed by atoms with E-state index in [0.717, 1.165) is 13.8 Å². The molecule has 56 valence electrons. The van der Waals surface area contributed by atoms with Crippen molar-refractivity contribution in [2.24, 2.45) is 0 Å². The normalized spacial score (nSPS) is 13.8. The fourth-order valence-corrected chi connectivity index (χ4v) is 0.231. The van der Waals surface area contributed by atoms with Gasteiger partial charge in [-0.1, -0.05) is 0 Å². The third-order valence-electron chi connectivity index (χ3n) is 1.04. The lowest BCUT2D eigenvalue weighted by atomic mass is 10.2. The number of hydrogen-bond acceptors (Lipinski definition) is 3. The van der Waals surface area contributed by atoms with Gasteiger partial charge in [-0.2, -0.15) is 8.42 Å². The predicted molar refractivity (Wildman–Crippen MR) is 31.2 cm³/mol. The molecule has 9 heavy (non-hydrogen) atoms. The fraction of sp³-hybridized carbons (Fsp3) is 1.00. The summed E-state index contributed by atoms with van der Waals surface area (Å²) in [4.78, 5) is 0. The van der Waals surface area contributed by atoms with Gasteiger partial charge in [-0.3, -0.25) is 0 Å². The number of halogens is 1. The summed E-state index contributed by atoms with van der Waals surface area (Å²) in [6, 6.07) is 0. The summed E-state index contributed by atoms with van der Waals surface area (Å²) in [6.45, 7) is 1.52. The van der Waals surface area contributed by atoms with E-state index in [0.29, 0.717) is 0 Å². The highest BCUT2D eigenvalue weighted by atomic mass is 32.3. The molecule has 0 saturated carbocycles. The van der Waals surface area contributed by atoms with Crippen LogP contribution in [-0.2, 0) is 10.2 Å². The first-order valence-corrected chi connectivity index (χ1v) is 3.75. The zero-order valence-electron chi connectivity index (χ0n) is 5.26. The molecule has 0 aromatic rings. The minimum Gasteiger partial charge on any atom is -0.395 e. The van der Waals surface area contributed by atoms with E-state index in [4.69, 9.17) is 5.11 Å². The minimum atomic E-state index is -4.60. The lowest BCUT2D eigenvalue weighted by Gasteiger charge is -2.14. The van der Waals surface area contributed by atoms with E-state index in [-0.39, 0.29) is 0 Å². The molecule has 0 aliphatic heterocycles. The molecule has 0 rings (SSSR count). The summed E-state index contributed by atoms with van der Waals surface area (Å²) in [7, 11) is -4.60. The molecule has 0 unspecified atom stereocenters. The van der Waals surface area contributed by atoms with Gasteiger partial charge in [0, 0.05) is 0 Å². The van der Waals surface area contributed by atoms with E-state index >= 15 is 0 Å². The summed E-state index contributed by atoms with van der Waals surface area (Å²) in [5, 5.41) is 8.31. The Bertz CT molecular complexity index is 182. The van der Waals surface area contributed by atoms with Crippen LogP contribution in [0.2, 0.25) is 0 Å². The second-order valence-corrected chi connectivity index (χ2v) is 4.34. The van der Waals surface area contributed by atoms with Crippen molar-refractivity contribution in [2.45, 2.75) is 18.6 Å². The van der Waals surface area contributed by atoms with Crippen molar-refractivity contribution >= 4 is 10.2 Å². The molecule has 5 heteroatoms. The Labute approximate surface area is 53.7 Å². The van der Waals surface area contributed by atoms with Gasteiger partial charge >= 0.3 is 10.2 Å². The van der Waals surface area contributed by atoms with Crippen molar-refractivity contribution in [3.05, 3.63) is 0 Å². The van der Waals surface area contributed by atoms with Gasteiger partial charge in [0.2, 0.25) is 0 Å². The Morgan fingerprint density at radius 2 is 1.89 bits per heavy atom. The molecule has 0 bridgehead atoms. The van der Waals surface area contributed by atoms with Crippen LogP contribution < -0.4 is 0 Å². The predicted octanol–water partition coefficient (Wildman–Crippen LogP) is 0.0566. The van der Waals surface area contributed by atoms with Crippen LogP contribution in [0, 0.1) is 0 Å². The lowest BCUT2D eigenvalue weighted by molar-refractivity contribution is 0.254. The van der Waals surface area contributed by atoms with E-state index < -0.39 is 21.6 Å². The molecule has 0 aromatic carbocycles. The number of rotatable bonds is 2. The fourth-order valence-electron chi connectivity index (χ4n) is 0.0771. The van der Waals surface area contributed by atoms with Crippen molar-refractivity contribution in [1.29, 1.82) is 0 Å². The molecule has 0 spiro atoms. The quantitative estimate of drug-likeness (QED) is 0.575. The largest absolute Gasteiger partial charge is 0.395 e. The monoisotopic (exact) mass is 156 g/mol. The Morgan fingerprint density at radius 3 is 1.89 bits per heavy atom. The summed E-state index contributed by atoms with van der Waals surface area (Å²) >= 11 is 0. The maximum Gasteiger partial charge on any atom is 0.309 e. The van der Waals surface area contributed by atoms with E-state index in [1.165, 1.54) is 0 Å². The number of hydrogen-bond donors (Lipinski definition) is 1. The van der Waals surface area contributed by atoms with Crippen molar-refractivity contribution in [1.82, 2.24) is 0 Å². The highest BCUT2D eigenvalue weighted by Crippen LogP contribution is 2.16. The molecule has 0 aromatic heterocycles. The van der Waals surface area contributed by atoms with Gasteiger partial charge in [0.1, 0.15) is 4.75 Å².